The number of hydrogen-bond donors (Lipinski definition) is 1. The van der Waals surface area contributed by atoms with Gasteiger partial charge in [0.1, 0.15) is 5.54 Å². The van der Waals surface area contributed by atoms with Gasteiger partial charge in [-0.3, -0.25) is 0 Å². The van der Waals surface area contributed by atoms with Crippen LogP contribution in [0.3, 0.4) is 0 Å². The molecular formula is C13H16FN3O2S. The fraction of sp³-hybridized carbons (Fsp3) is 0.538. The molecule has 1 aromatic heterocycles. The first-order valence-corrected chi connectivity index (χ1v) is 8.03. The third-order valence-corrected chi connectivity index (χ3v) is 4.95. The predicted octanol–water partition coefficient (Wildman–Crippen LogP) is 2.12. The van der Waals surface area contributed by atoms with Crippen molar-refractivity contribution >= 4 is 10.0 Å². The molecular weight excluding hydrogens is 281 g/mol. The van der Waals surface area contributed by atoms with Crippen molar-refractivity contribution in [1.82, 2.24) is 9.71 Å². The van der Waals surface area contributed by atoms with E-state index in [1.54, 1.807) is 0 Å². The zero-order chi connectivity index (χ0) is 14.6. The van der Waals surface area contributed by atoms with Crippen molar-refractivity contribution in [2.75, 3.05) is 0 Å². The minimum absolute atomic E-state index is 0.442. The molecule has 2 rings (SSSR count). The highest BCUT2D eigenvalue weighted by Gasteiger charge is 2.37. The van der Waals surface area contributed by atoms with Gasteiger partial charge in [-0.25, -0.2) is 17.8 Å². The number of rotatable bonds is 3. The molecule has 0 aliphatic heterocycles. The lowest BCUT2D eigenvalue weighted by Crippen LogP contribution is -2.47. The van der Waals surface area contributed by atoms with E-state index < -0.39 is 26.4 Å². The van der Waals surface area contributed by atoms with Crippen LogP contribution in [0.15, 0.2) is 23.4 Å². The maximum absolute atomic E-state index is 13.6. The first kappa shape index (κ1) is 14.9. The summed E-state index contributed by atoms with van der Waals surface area (Å²) in [7, 11) is -4.14. The van der Waals surface area contributed by atoms with Crippen LogP contribution >= 0.6 is 0 Å². The average Bonchev–Trinajstić information content (AvgIpc) is 2.64. The van der Waals surface area contributed by atoms with Crippen LogP contribution in [-0.4, -0.2) is 18.9 Å². The van der Waals surface area contributed by atoms with Crippen molar-refractivity contribution in [3.05, 3.63) is 24.1 Å². The second-order valence-electron chi connectivity index (χ2n) is 5.00. The van der Waals surface area contributed by atoms with Gasteiger partial charge in [-0.1, -0.05) is 25.7 Å². The van der Waals surface area contributed by atoms with Crippen LogP contribution in [0.1, 0.15) is 38.5 Å². The van der Waals surface area contributed by atoms with Crippen LogP contribution in [-0.2, 0) is 10.0 Å². The SMILES string of the molecule is N#CC1(NS(=O)(=O)c2ncccc2F)CCCCCC1. The van der Waals surface area contributed by atoms with Gasteiger partial charge in [-0.05, 0) is 25.0 Å². The van der Waals surface area contributed by atoms with E-state index in [-0.39, 0.29) is 0 Å². The standard InChI is InChI=1S/C13H16FN3O2S/c14-11-6-5-9-16-12(11)20(18,19)17-13(10-15)7-3-1-2-4-8-13/h5-6,9,17H,1-4,7-8H2. The summed E-state index contributed by atoms with van der Waals surface area (Å²) in [5.74, 6) is -0.915. The minimum Gasteiger partial charge on any atom is -0.241 e. The van der Waals surface area contributed by atoms with Gasteiger partial charge in [-0.15, -0.1) is 0 Å². The molecule has 1 heterocycles. The van der Waals surface area contributed by atoms with E-state index in [1.807, 2.05) is 0 Å². The molecule has 0 amide bonds. The summed E-state index contributed by atoms with van der Waals surface area (Å²) in [5, 5.41) is 8.70. The number of hydrogen-bond acceptors (Lipinski definition) is 4. The fourth-order valence-corrected chi connectivity index (χ4v) is 3.83. The topological polar surface area (TPSA) is 82.9 Å². The molecule has 0 bridgehead atoms. The van der Waals surface area contributed by atoms with Crippen LogP contribution < -0.4 is 4.72 Å². The summed E-state index contributed by atoms with van der Waals surface area (Å²) in [4.78, 5) is 3.57. The highest BCUT2D eigenvalue weighted by atomic mass is 32.2. The van der Waals surface area contributed by atoms with E-state index in [0.717, 1.165) is 31.7 Å². The van der Waals surface area contributed by atoms with Gasteiger partial charge >= 0.3 is 0 Å². The van der Waals surface area contributed by atoms with Crippen molar-refractivity contribution in [1.29, 1.82) is 5.26 Å². The van der Waals surface area contributed by atoms with Crippen LogP contribution in [0, 0.1) is 17.1 Å². The highest BCUT2D eigenvalue weighted by Crippen LogP contribution is 2.28. The quantitative estimate of drug-likeness (QED) is 0.866. The van der Waals surface area contributed by atoms with E-state index in [2.05, 4.69) is 15.8 Å². The first-order valence-electron chi connectivity index (χ1n) is 6.55. The number of nitrogens with one attached hydrogen (secondary N) is 1. The maximum atomic E-state index is 13.6. The van der Waals surface area contributed by atoms with E-state index in [1.165, 1.54) is 12.3 Å². The summed E-state index contributed by atoms with van der Waals surface area (Å²) in [6.07, 6.45) is 5.60. The molecule has 0 unspecified atom stereocenters. The fourth-order valence-electron chi connectivity index (χ4n) is 2.44. The molecule has 108 valence electrons. The second kappa shape index (κ2) is 5.85. The van der Waals surface area contributed by atoms with Crippen molar-refractivity contribution in [2.45, 2.75) is 49.1 Å². The van der Waals surface area contributed by atoms with E-state index in [4.69, 9.17) is 0 Å². The molecule has 5 nitrogen and oxygen atoms in total. The molecule has 0 spiro atoms. The van der Waals surface area contributed by atoms with Crippen molar-refractivity contribution in [2.24, 2.45) is 0 Å². The Bertz CT molecular complexity index is 617. The first-order chi connectivity index (χ1) is 9.49. The predicted molar refractivity (Wildman–Crippen MR) is 70.6 cm³/mol. The van der Waals surface area contributed by atoms with E-state index >= 15 is 0 Å². The van der Waals surface area contributed by atoms with E-state index in [0.29, 0.717) is 12.8 Å². The number of pyridine rings is 1. The van der Waals surface area contributed by atoms with Crippen molar-refractivity contribution in [3.8, 4) is 6.07 Å². The lowest BCUT2D eigenvalue weighted by Gasteiger charge is -2.25. The largest absolute Gasteiger partial charge is 0.262 e. The van der Waals surface area contributed by atoms with Crippen LogP contribution in [0.2, 0.25) is 0 Å². The molecule has 0 atom stereocenters. The summed E-state index contributed by atoms with van der Waals surface area (Å²) >= 11 is 0. The van der Waals surface area contributed by atoms with Crippen molar-refractivity contribution < 1.29 is 12.8 Å². The highest BCUT2D eigenvalue weighted by molar-refractivity contribution is 7.89. The molecule has 1 fully saturated rings. The third kappa shape index (κ3) is 3.14. The molecule has 0 saturated heterocycles. The van der Waals surface area contributed by atoms with Crippen molar-refractivity contribution in [3.63, 3.8) is 0 Å². The summed E-state index contributed by atoms with van der Waals surface area (Å²) in [6, 6.07) is 4.42. The molecule has 1 saturated carbocycles. The molecule has 1 N–H and O–H groups in total. The normalized spacial score (nSPS) is 19.0. The summed E-state index contributed by atoms with van der Waals surface area (Å²) in [5.41, 5.74) is -1.15. The van der Waals surface area contributed by atoms with Gasteiger partial charge in [0.15, 0.2) is 5.82 Å². The Morgan fingerprint density at radius 1 is 1.30 bits per heavy atom. The van der Waals surface area contributed by atoms with Crippen LogP contribution in [0.4, 0.5) is 4.39 Å². The monoisotopic (exact) mass is 297 g/mol. The Labute approximate surface area is 117 Å². The smallest absolute Gasteiger partial charge is 0.241 e. The summed E-state index contributed by atoms with van der Waals surface area (Å²) in [6.45, 7) is 0. The zero-order valence-corrected chi connectivity index (χ0v) is 11.8. The van der Waals surface area contributed by atoms with Crippen LogP contribution in [0.25, 0.3) is 0 Å². The number of sulfonamides is 1. The Balaban J connectivity index is 2.31. The van der Waals surface area contributed by atoms with Gasteiger partial charge in [-0.2, -0.15) is 9.98 Å². The third-order valence-electron chi connectivity index (χ3n) is 3.48. The van der Waals surface area contributed by atoms with E-state index in [9.17, 15) is 18.1 Å². The molecule has 0 radical (unpaired) electrons. The lowest BCUT2D eigenvalue weighted by atomic mass is 9.94. The Kier molecular flexibility index (Phi) is 4.35. The minimum atomic E-state index is -4.14. The second-order valence-corrected chi connectivity index (χ2v) is 6.60. The average molecular weight is 297 g/mol. The lowest BCUT2D eigenvalue weighted by molar-refractivity contribution is 0.419. The molecule has 7 heteroatoms. The van der Waals surface area contributed by atoms with Gasteiger partial charge in [0.05, 0.1) is 6.07 Å². The molecule has 1 aliphatic carbocycles. The van der Waals surface area contributed by atoms with Gasteiger partial charge in [0, 0.05) is 6.20 Å². The Hall–Kier alpha value is -1.52. The van der Waals surface area contributed by atoms with Gasteiger partial charge in [0.25, 0.3) is 10.0 Å². The summed E-state index contributed by atoms with van der Waals surface area (Å²) < 4.78 is 40.4. The Morgan fingerprint density at radius 3 is 2.50 bits per heavy atom. The molecule has 1 aromatic rings. The Morgan fingerprint density at radius 2 is 1.95 bits per heavy atom. The number of nitrogens with zero attached hydrogens (tertiary/aromatic N) is 2. The molecule has 1 aliphatic rings. The number of aromatic nitrogens is 1. The van der Waals surface area contributed by atoms with Crippen LogP contribution in [0.5, 0.6) is 0 Å². The van der Waals surface area contributed by atoms with Gasteiger partial charge in [0.2, 0.25) is 5.03 Å². The number of halogens is 1. The van der Waals surface area contributed by atoms with Gasteiger partial charge < -0.3 is 0 Å². The zero-order valence-electron chi connectivity index (χ0n) is 11.0. The number of nitriles is 1. The maximum Gasteiger partial charge on any atom is 0.262 e. The molecule has 0 aromatic carbocycles. The molecule has 20 heavy (non-hydrogen) atoms.